The predicted octanol–water partition coefficient (Wildman–Crippen LogP) is 1.38. The second-order valence-corrected chi connectivity index (χ2v) is 5.44. The SMILES string of the molecule is Cc1cc(C[C@@H](C)NC(=O)c2cc(C)c(C)[nH]c2=O)n[nH]1. The first-order chi connectivity index (χ1) is 9.86. The summed E-state index contributed by atoms with van der Waals surface area (Å²) < 4.78 is 0. The van der Waals surface area contributed by atoms with Gasteiger partial charge < -0.3 is 10.3 Å². The van der Waals surface area contributed by atoms with Gasteiger partial charge in [0.25, 0.3) is 11.5 Å². The van der Waals surface area contributed by atoms with Crippen LogP contribution in [0.2, 0.25) is 0 Å². The number of rotatable bonds is 4. The van der Waals surface area contributed by atoms with Crippen molar-refractivity contribution in [3.63, 3.8) is 0 Å². The molecule has 1 atom stereocenters. The molecule has 2 aromatic heterocycles. The maximum absolute atomic E-state index is 12.2. The number of amides is 1. The molecule has 1 amide bonds. The minimum Gasteiger partial charge on any atom is -0.349 e. The van der Waals surface area contributed by atoms with Crippen molar-refractivity contribution >= 4 is 5.91 Å². The van der Waals surface area contributed by atoms with Crippen LogP contribution >= 0.6 is 0 Å². The first-order valence-corrected chi connectivity index (χ1v) is 6.89. The molecule has 2 aromatic rings. The smallest absolute Gasteiger partial charge is 0.261 e. The summed E-state index contributed by atoms with van der Waals surface area (Å²) in [4.78, 5) is 26.7. The lowest BCUT2D eigenvalue weighted by molar-refractivity contribution is 0.0938. The number of pyridine rings is 1. The van der Waals surface area contributed by atoms with Gasteiger partial charge in [-0.2, -0.15) is 5.10 Å². The van der Waals surface area contributed by atoms with E-state index >= 15 is 0 Å². The number of aromatic amines is 2. The monoisotopic (exact) mass is 288 g/mol. The van der Waals surface area contributed by atoms with Gasteiger partial charge in [0.2, 0.25) is 0 Å². The summed E-state index contributed by atoms with van der Waals surface area (Å²) in [6.45, 7) is 7.48. The van der Waals surface area contributed by atoms with E-state index in [1.807, 2.05) is 26.8 Å². The van der Waals surface area contributed by atoms with Crippen LogP contribution < -0.4 is 10.9 Å². The summed E-state index contributed by atoms with van der Waals surface area (Å²) in [5, 5.41) is 9.83. The zero-order valence-corrected chi connectivity index (χ0v) is 12.7. The quantitative estimate of drug-likeness (QED) is 0.794. The highest BCUT2D eigenvalue weighted by atomic mass is 16.2. The number of hydrogen-bond donors (Lipinski definition) is 3. The van der Waals surface area contributed by atoms with E-state index in [-0.39, 0.29) is 23.1 Å². The summed E-state index contributed by atoms with van der Waals surface area (Å²) in [7, 11) is 0. The second kappa shape index (κ2) is 5.95. The molecule has 0 fully saturated rings. The maximum atomic E-state index is 12.2. The third-order valence-electron chi connectivity index (χ3n) is 3.39. The van der Waals surface area contributed by atoms with Crippen LogP contribution in [-0.2, 0) is 6.42 Å². The number of nitrogens with zero attached hydrogens (tertiary/aromatic N) is 1. The first kappa shape index (κ1) is 15.0. The molecule has 2 rings (SSSR count). The number of carbonyl (C=O) groups is 1. The van der Waals surface area contributed by atoms with Gasteiger partial charge in [0.05, 0.1) is 5.69 Å². The number of hydrogen-bond acceptors (Lipinski definition) is 3. The Labute approximate surface area is 123 Å². The standard InChI is InChI=1S/C15H20N4O2/c1-8-5-13(15(21)17-11(8)4)14(20)16-9(2)6-12-7-10(3)18-19-12/h5,7,9H,6H2,1-4H3,(H,16,20)(H,17,21)(H,18,19)/t9-/m1/s1. The fourth-order valence-electron chi connectivity index (χ4n) is 2.14. The minimum absolute atomic E-state index is 0.110. The third kappa shape index (κ3) is 3.59. The van der Waals surface area contributed by atoms with E-state index in [4.69, 9.17) is 0 Å². The largest absolute Gasteiger partial charge is 0.349 e. The van der Waals surface area contributed by atoms with Gasteiger partial charge in [-0.1, -0.05) is 0 Å². The van der Waals surface area contributed by atoms with Gasteiger partial charge >= 0.3 is 0 Å². The zero-order valence-electron chi connectivity index (χ0n) is 12.7. The van der Waals surface area contributed by atoms with Crippen LogP contribution in [0.1, 0.15) is 39.9 Å². The van der Waals surface area contributed by atoms with E-state index in [2.05, 4.69) is 20.5 Å². The molecule has 0 saturated heterocycles. The minimum atomic E-state index is -0.363. The molecule has 6 heteroatoms. The molecular formula is C15H20N4O2. The molecule has 0 aliphatic rings. The lowest BCUT2D eigenvalue weighted by atomic mass is 10.1. The molecule has 0 aliphatic carbocycles. The van der Waals surface area contributed by atoms with E-state index in [0.29, 0.717) is 6.42 Å². The molecular weight excluding hydrogens is 268 g/mol. The Morgan fingerprint density at radius 3 is 2.67 bits per heavy atom. The third-order valence-corrected chi connectivity index (χ3v) is 3.39. The molecule has 21 heavy (non-hydrogen) atoms. The summed E-state index contributed by atoms with van der Waals surface area (Å²) in [6.07, 6.45) is 0.610. The highest BCUT2D eigenvalue weighted by molar-refractivity contribution is 5.94. The Balaban J connectivity index is 2.07. The summed E-state index contributed by atoms with van der Waals surface area (Å²) in [5.74, 6) is -0.362. The first-order valence-electron chi connectivity index (χ1n) is 6.89. The number of nitrogens with one attached hydrogen (secondary N) is 3. The average molecular weight is 288 g/mol. The molecule has 0 saturated carbocycles. The summed E-state index contributed by atoms with van der Waals surface area (Å²) in [5.41, 5.74) is 3.30. The average Bonchev–Trinajstić information content (AvgIpc) is 2.78. The van der Waals surface area contributed by atoms with Crippen LogP contribution in [0.3, 0.4) is 0 Å². The Bertz CT molecular complexity index is 715. The van der Waals surface area contributed by atoms with Crippen molar-refractivity contribution in [3.05, 3.63) is 50.7 Å². The number of aromatic nitrogens is 3. The fourth-order valence-corrected chi connectivity index (χ4v) is 2.14. The Hall–Kier alpha value is -2.37. The maximum Gasteiger partial charge on any atom is 0.261 e. The predicted molar refractivity (Wildman–Crippen MR) is 80.5 cm³/mol. The van der Waals surface area contributed by atoms with Gasteiger partial charge in [-0.25, -0.2) is 0 Å². The molecule has 112 valence electrons. The van der Waals surface area contributed by atoms with Crippen LogP contribution in [0, 0.1) is 20.8 Å². The number of H-pyrrole nitrogens is 2. The molecule has 2 heterocycles. The van der Waals surface area contributed by atoms with E-state index in [0.717, 1.165) is 22.6 Å². The van der Waals surface area contributed by atoms with Gasteiger partial charge in [-0.3, -0.25) is 14.7 Å². The highest BCUT2D eigenvalue weighted by Gasteiger charge is 2.15. The molecule has 0 radical (unpaired) electrons. The van der Waals surface area contributed by atoms with E-state index < -0.39 is 0 Å². The van der Waals surface area contributed by atoms with Crippen molar-refractivity contribution < 1.29 is 4.79 Å². The van der Waals surface area contributed by atoms with E-state index in [1.165, 1.54) is 0 Å². The van der Waals surface area contributed by atoms with Gasteiger partial charge in [0.1, 0.15) is 5.56 Å². The fraction of sp³-hybridized carbons (Fsp3) is 0.400. The Morgan fingerprint density at radius 1 is 1.33 bits per heavy atom. The lowest BCUT2D eigenvalue weighted by Crippen LogP contribution is -2.37. The number of carbonyl (C=O) groups excluding carboxylic acids is 1. The molecule has 0 bridgehead atoms. The highest BCUT2D eigenvalue weighted by Crippen LogP contribution is 2.05. The van der Waals surface area contributed by atoms with Crippen LogP contribution in [0.15, 0.2) is 16.9 Å². The topological polar surface area (TPSA) is 90.6 Å². The van der Waals surface area contributed by atoms with Crippen molar-refractivity contribution in [1.82, 2.24) is 20.5 Å². The van der Waals surface area contributed by atoms with Crippen molar-refractivity contribution in [2.45, 2.75) is 40.2 Å². The normalized spacial score (nSPS) is 12.2. The van der Waals surface area contributed by atoms with Gasteiger partial charge in [-0.05, 0) is 45.4 Å². The molecule has 3 N–H and O–H groups in total. The molecule has 0 spiro atoms. The van der Waals surface area contributed by atoms with Gasteiger partial charge in [0, 0.05) is 23.9 Å². The van der Waals surface area contributed by atoms with Crippen molar-refractivity contribution in [3.8, 4) is 0 Å². The summed E-state index contributed by atoms with van der Waals surface area (Å²) >= 11 is 0. The van der Waals surface area contributed by atoms with Crippen LogP contribution in [0.4, 0.5) is 0 Å². The van der Waals surface area contributed by atoms with E-state index in [9.17, 15) is 9.59 Å². The van der Waals surface area contributed by atoms with Crippen LogP contribution in [-0.4, -0.2) is 27.1 Å². The summed E-state index contributed by atoms with van der Waals surface area (Å²) in [6, 6.07) is 3.45. The number of aryl methyl sites for hydroxylation is 3. The molecule has 0 unspecified atom stereocenters. The van der Waals surface area contributed by atoms with Gasteiger partial charge in [0.15, 0.2) is 0 Å². The van der Waals surface area contributed by atoms with Crippen molar-refractivity contribution in [2.75, 3.05) is 0 Å². The van der Waals surface area contributed by atoms with Crippen molar-refractivity contribution in [1.29, 1.82) is 0 Å². The zero-order chi connectivity index (χ0) is 15.6. The second-order valence-electron chi connectivity index (χ2n) is 5.44. The Morgan fingerprint density at radius 2 is 2.05 bits per heavy atom. The Kier molecular flexibility index (Phi) is 4.26. The molecule has 0 aromatic carbocycles. The van der Waals surface area contributed by atoms with Crippen molar-refractivity contribution in [2.24, 2.45) is 0 Å². The van der Waals surface area contributed by atoms with Crippen LogP contribution in [0.25, 0.3) is 0 Å². The molecule has 0 aliphatic heterocycles. The van der Waals surface area contributed by atoms with E-state index in [1.54, 1.807) is 13.0 Å². The lowest BCUT2D eigenvalue weighted by Gasteiger charge is -2.12. The molecule has 6 nitrogen and oxygen atoms in total. The van der Waals surface area contributed by atoms with Crippen LogP contribution in [0.5, 0.6) is 0 Å². The van der Waals surface area contributed by atoms with Gasteiger partial charge in [-0.15, -0.1) is 0 Å².